The molecule has 0 amide bonds. The highest BCUT2D eigenvalue weighted by Crippen LogP contribution is 2.35. The van der Waals surface area contributed by atoms with Crippen LogP contribution in [0.2, 0.25) is 0 Å². The molecule has 0 atom stereocenters. The molecule has 0 saturated heterocycles. The monoisotopic (exact) mass is 540 g/mol. The van der Waals surface area contributed by atoms with Crippen LogP contribution in [0.3, 0.4) is 0 Å². The summed E-state index contributed by atoms with van der Waals surface area (Å²) in [7, 11) is 0. The minimum atomic E-state index is 0.953. The van der Waals surface area contributed by atoms with Crippen LogP contribution in [0, 0.1) is 0 Å². The fourth-order valence-corrected chi connectivity index (χ4v) is 5.37. The van der Waals surface area contributed by atoms with E-state index in [4.69, 9.17) is 4.98 Å². The first-order valence-electron chi connectivity index (χ1n) is 12.1. The Balaban J connectivity index is 1.37. The van der Waals surface area contributed by atoms with Gasteiger partial charge in [0, 0.05) is 50.8 Å². The molecule has 5 heteroatoms. The Labute approximate surface area is 222 Å². The molecule has 0 unspecified atom stereocenters. The van der Waals surface area contributed by atoms with E-state index >= 15 is 0 Å². The molecule has 0 aliphatic rings. The topological polar surface area (TPSA) is 46.5 Å². The maximum atomic E-state index is 4.73. The molecule has 4 heterocycles. The number of fused-ring (bicyclic) bond motifs is 3. The van der Waals surface area contributed by atoms with Crippen molar-refractivity contribution in [2.75, 3.05) is 0 Å². The van der Waals surface area contributed by atoms with Crippen molar-refractivity contribution in [3.8, 4) is 39.3 Å². The average molecular weight is 541 g/mol. The molecular weight excluding hydrogens is 520 g/mol. The third kappa shape index (κ3) is 3.85. The maximum absolute atomic E-state index is 4.73. The Hall–Kier alpha value is -4.48. The number of hydrogen-bond donors (Lipinski definition) is 1. The van der Waals surface area contributed by atoms with E-state index in [0.717, 1.165) is 60.4 Å². The van der Waals surface area contributed by atoms with Crippen molar-refractivity contribution in [1.29, 1.82) is 0 Å². The minimum absolute atomic E-state index is 0.953. The SMILES string of the molecule is Brc1ccc2c3cccnc3n(-c3ccc(-c4cc(-c5ccccn5)cc(-c5ccc[nH]5)c4)cc3)c2c1. The Kier molecular flexibility index (Phi) is 5.22. The molecular formula is C32H21BrN4. The smallest absolute Gasteiger partial charge is 0.145 e. The zero-order chi connectivity index (χ0) is 24.8. The molecule has 0 aliphatic heterocycles. The summed E-state index contributed by atoms with van der Waals surface area (Å²) in [6, 6.07) is 36.0. The van der Waals surface area contributed by atoms with Crippen LogP contribution >= 0.6 is 15.9 Å². The average Bonchev–Trinajstić information content (AvgIpc) is 3.60. The van der Waals surface area contributed by atoms with Gasteiger partial charge in [-0.05, 0) is 95.6 Å². The molecule has 4 nitrogen and oxygen atoms in total. The van der Waals surface area contributed by atoms with Gasteiger partial charge in [-0.1, -0.05) is 40.2 Å². The highest BCUT2D eigenvalue weighted by Gasteiger charge is 2.14. The minimum Gasteiger partial charge on any atom is -0.361 e. The van der Waals surface area contributed by atoms with Gasteiger partial charge in [0.25, 0.3) is 0 Å². The van der Waals surface area contributed by atoms with Crippen molar-refractivity contribution >= 4 is 37.9 Å². The molecule has 0 saturated carbocycles. The van der Waals surface area contributed by atoms with Crippen molar-refractivity contribution in [3.63, 3.8) is 0 Å². The van der Waals surface area contributed by atoms with E-state index in [-0.39, 0.29) is 0 Å². The van der Waals surface area contributed by atoms with Crippen LogP contribution in [0.5, 0.6) is 0 Å². The van der Waals surface area contributed by atoms with Crippen molar-refractivity contribution in [1.82, 2.24) is 19.5 Å². The first-order valence-corrected chi connectivity index (χ1v) is 12.9. The van der Waals surface area contributed by atoms with E-state index in [0.29, 0.717) is 0 Å². The fraction of sp³-hybridized carbons (Fsp3) is 0. The summed E-state index contributed by atoms with van der Waals surface area (Å²) < 4.78 is 3.28. The van der Waals surface area contributed by atoms with Crippen LogP contribution in [0.4, 0.5) is 0 Å². The molecule has 0 bridgehead atoms. The number of pyridine rings is 2. The zero-order valence-electron chi connectivity index (χ0n) is 19.8. The Morgan fingerprint density at radius 2 is 1.46 bits per heavy atom. The second-order valence-corrected chi connectivity index (χ2v) is 9.93. The second-order valence-electron chi connectivity index (χ2n) is 9.02. The quantitative estimate of drug-likeness (QED) is 0.242. The van der Waals surface area contributed by atoms with Crippen LogP contribution in [0.25, 0.3) is 61.3 Å². The lowest BCUT2D eigenvalue weighted by atomic mass is 9.96. The van der Waals surface area contributed by atoms with Gasteiger partial charge in [0.1, 0.15) is 5.65 Å². The molecule has 4 aromatic heterocycles. The van der Waals surface area contributed by atoms with Gasteiger partial charge in [0.2, 0.25) is 0 Å². The van der Waals surface area contributed by atoms with Crippen molar-refractivity contribution in [2.45, 2.75) is 0 Å². The summed E-state index contributed by atoms with van der Waals surface area (Å²) in [4.78, 5) is 12.7. The predicted molar refractivity (Wildman–Crippen MR) is 155 cm³/mol. The van der Waals surface area contributed by atoms with Gasteiger partial charge < -0.3 is 4.98 Å². The number of aromatic amines is 1. The summed E-state index contributed by atoms with van der Waals surface area (Å²) >= 11 is 3.65. The molecule has 3 aromatic carbocycles. The van der Waals surface area contributed by atoms with Gasteiger partial charge in [-0.2, -0.15) is 0 Å². The largest absolute Gasteiger partial charge is 0.361 e. The highest BCUT2D eigenvalue weighted by molar-refractivity contribution is 9.10. The van der Waals surface area contributed by atoms with Crippen molar-refractivity contribution in [2.24, 2.45) is 0 Å². The van der Waals surface area contributed by atoms with E-state index < -0.39 is 0 Å². The van der Waals surface area contributed by atoms with Crippen LogP contribution in [0.1, 0.15) is 0 Å². The standard InChI is InChI=1S/C32H21BrN4/c33-25-10-13-27-28-5-3-16-36-32(28)37(31(27)20-25)26-11-8-21(9-12-26)22-17-23(29-6-1-2-14-34-29)19-24(18-22)30-7-4-15-35-30/h1-20,35H. The third-order valence-electron chi connectivity index (χ3n) is 6.75. The van der Waals surface area contributed by atoms with E-state index in [2.05, 4.69) is 103 Å². The molecule has 0 aliphatic carbocycles. The number of H-pyrrole nitrogens is 1. The van der Waals surface area contributed by atoms with Crippen molar-refractivity contribution < 1.29 is 0 Å². The lowest BCUT2D eigenvalue weighted by Gasteiger charge is -2.12. The summed E-state index contributed by atoms with van der Waals surface area (Å²) in [5, 5.41) is 2.33. The van der Waals surface area contributed by atoms with Gasteiger partial charge in [-0.3, -0.25) is 9.55 Å². The maximum Gasteiger partial charge on any atom is 0.145 e. The number of halogens is 1. The molecule has 7 aromatic rings. The van der Waals surface area contributed by atoms with E-state index in [9.17, 15) is 0 Å². The van der Waals surface area contributed by atoms with Crippen LogP contribution in [-0.4, -0.2) is 19.5 Å². The van der Waals surface area contributed by atoms with Gasteiger partial charge in [0.05, 0.1) is 11.2 Å². The fourth-order valence-electron chi connectivity index (χ4n) is 5.02. The predicted octanol–water partition coefficient (Wildman–Crippen LogP) is 8.67. The summed E-state index contributed by atoms with van der Waals surface area (Å²) in [5.41, 5.74) is 9.69. The van der Waals surface area contributed by atoms with Gasteiger partial charge in [-0.15, -0.1) is 0 Å². The Morgan fingerprint density at radius 1 is 0.622 bits per heavy atom. The number of nitrogens with one attached hydrogen (secondary N) is 1. The normalized spacial score (nSPS) is 11.4. The second kappa shape index (κ2) is 8.87. The van der Waals surface area contributed by atoms with Gasteiger partial charge >= 0.3 is 0 Å². The number of aromatic nitrogens is 4. The van der Waals surface area contributed by atoms with Crippen LogP contribution in [0.15, 0.2) is 126 Å². The Morgan fingerprint density at radius 3 is 2.27 bits per heavy atom. The molecule has 176 valence electrons. The highest BCUT2D eigenvalue weighted by atomic mass is 79.9. The van der Waals surface area contributed by atoms with E-state index in [1.165, 1.54) is 5.39 Å². The van der Waals surface area contributed by atoms with E-state index in [1.54, 1.807) is 0 Å². The lowest BCUT2D eigenvalue weighted by molar-refractivity contribution is 1.14. The lowest BCUT2D eigenvalue weighted by Crippen LogP contribution is -1.95. The first kappa shape index (κ1) is 21.8. The summed E-state index contributed by atoms with van der Waals surface area (Å²) in [5.74, 6) is 0. The molecule has 0 spiro atoms. The zero-order valence-corrected chi connectivity index (χ0v) is 21.4. The number of benzene rings is 3. The van der Waals surface area contributed by atoms with Gasteiger partial charge in [-0.25, -0.2) is 4.98 Å². The van der Waals surface area contributed by atoms with Gasteiger partial charge in [0.15, 0.2) is 0 Å². The molecule has 1 N–H and O–H groups in total. The number of nitrogens with zero attached hydrogens (tertiary/aromatic N) is 3. The molecule has 7 rings (SSSR count). The molecule has 37 heavy (non-hydrogen) atoms. The molecule has 0 radical (unpaired) electrons. The van der Waals surface area contributed by atoms with Crippen molar-refractivity contribution in [3.05, 3.63) is 126 Å². The third-order valence-corrected chi connectivity index (χ3v) is 7.24. The Bertz CT molecular complexity index is 1870. The first-order chi connectivity index (χ1) is 18.2. The van der Waals surface area contributed by atoms with Crippen LogP contribution in [-0.2, 0) is 0 Å². The molecule has 0 fully saturated rings. The van der Waals surface area contributed by atoms with E-state index in [1.807, 2.05) is 48.9 Å². The van der Waals surface area contributed by atoms with Crippen LogP contribution < -0.4 is 0 Å². The number of rotatable bonds is 4. The summed E-state index contributed by atoms with van der Waals surface area (Å²) in [6.07, 6.45) is 5.64. The summed E-state index contributed by atoms with van der Waals surface area (Å²) in [6.45, 7) is 0. The number of hydrogen-bond acceptors (Lipinski definition) is 2.